The number of aryl methyl sites for hydroxylation is 1. The maximum Gasteiger partial charge on any atom is 0.168 e. The third-order valence-corrected chi connectivity index (χ3v) is 3.46. The number of hydrogen-bond acceptors (Lipinski definition) is 3. The molecule has 112 valence electrons. The summed E-state index contributed by atoms with van der Waals surface area (Å²) in [6.45, 7) is 4.82. The Bertz CT molecular complexity index is 601. The minimum atomic E-state index is -0.284. The molecule has 3 nitrogen and oxygen atoms in total. The molecule has 0 bridgehead atoms. The first-order valence-corrected chi connectivity index (χ1v) is 7.13. The molecule has 1 aromatic heterocycles. The van der Waals surface area contributed by atoms with Gasteiger partial charge in [-0.15, -0.1) is 0 Å². The molecule has 1 N–H and O–H groups in total. The zero-order valence-corrected chi connectivity index (χ0v) is 12.7. The van der Waals surface area contributed by atoms with Gasteiger partial charge in [0, 0.05) is 17.9 Å². The molecule has 0 aliphatic carbocycles. The SMILES string of the molecule is CCNC(Cc1cccc(OC)c1F)c1ccnc(C)c1. The number of halogens is 1. The van der Waals surface area contributed by atoms with Gasteiger partial charge < -0.3 is 10.1 Å². The Balaban J connectivity index is 2.28. The molecule has 21 heavy (non-hydrogen) atoms. The van der Waals surface area contributed by atoms with Crippen LogP contribution in [-0.2, 0) is 6.42 Å². The van der Waals surface area contributed by atoms with Crippen molar-refractivity contribution in [1.29, 1.82) is 0 Å². The summed E-state index contributed by atoms with van der Waals surface area (Å²) in [4.78, 5) is 4.21. The molecule has 1 unspecified atom stereocenters. The average molecular weight is 288 g/mol. The maximum absolute atomic E-state index is 14.3. The zero-order chi connectivity index (χ0) is 15.2. The Kier molecular flexibility index (Phi) is 5.28. The number of likely N-dealkylation sites (N-methyl/N-ethyl adjacent to an activating group) is 1. The normalized spacial score (nSPS) is 12.2. The summed E-state index contributed by atoms with van der Waals surface area (Å²) in [5.74, 6) is 0.00217. The molecule has 0 saturated carbocycles. The third-order valence-electron chi connectivity index (χ3n) is 3.46. The van der Waals surface area contributed by atoms with E-state index in [-0.39, 0.29) is 17.6 Å². The largest absolute Gasteiger partial charge is 0.494 e. The summed E-state index contributed by atoms with van der Waals surface area (Å²) in [6.07, 6.45) is 2.36. The zero-order valence-electron chi connectivity index (χ0n) is 12.7. The minimum absolute atomic E-state index is 0.0540. The molecular formula is C17H21FN2O. The van der Waals surface area contributed by atoms with Crippen molar-refractivity contribution in [3.63, 3.8) is 0 Å². The first kappa shape index (κ1) is 15.4. The average Bonchev–Trinajstić information content (AvgIpc) is 2.48. The highest BCUT2D eigenvalue weighted by Crippen LogP contribution is 2.25. The Hall–Kier alpha value is -1.94. The van der Waals surface area contributed by atoms with Gasteiger partial charge in [0.15, 0.2) is 11.6 Å². The summed E-state index contributed by atoms with van der Waals surface area (Å²) in [5, 5.41) is 3.40. The van der Waals surface area contributed by atoms with Crippen LogP contribution in [0.3, 0.4) is 0 Å². The summed E-state index contributed by atoms with van der Waals surface area (Å²) >= 11 is 0. The van der Waals surface area contributed by atoms with E-state index in [0.29, 0.717) is 12.0 Å². The van der Waals surface area contributed by atoms with Gasteiger partial charge in [-0.3, -0.25) is 4.98 Å². The predicted molar refractivity (Wildman–Crippen MR) is 82.0 cm³/mol. The van der Waals surface area contributed by atoms with E-state index in [0.717, 1.165) is 17.8 Å². The van der Waals surface area contributed by atoms with E-state index in [9.17, 15) is 4.39 Å². The number of hydrogen-bond donors (Lipinski definition) is 1. The fourth-order valence-electron chi connectivity index (χ4n) is 2.43. The van der Waals surface area contributed by atoms with Crippen molar-refractivity contribution >= 4 is 0 Å². The molecule has 0 fully saturated rings. The second-order valence-corrected chi connectivity index (χ2v) is 4.98. The fraction of sp³-hybridized carbons (Fsp3) is 0.353. The second-order valence-electron chi connectivity index (χ2n) is 4.98. The van der Waals surface area contributed by atoms with Gasteiger partial charge in [-0.2, -0.15) is 0 Å². The first-order chi connectivity index (χ1) is 10.2. The van der Waals surface area contributed by atoms with Gasteiger partial charge in [-0.05, 0) is 49.2 Å². The van der Waals surface area contributed by atoms with Gasteiger partial charge in [0.05, 0.1) is 7.11 Å². The lowest BCUT2D eigenvalue weighted by Gasteiger charge is -2.19. The molecule has 2 rings (SSSR count). The summed E-state index contributed by atoms with van der Waals surface area (Å²) < 4.78 is 19.4. The number of ether oxygens (including phenoxy) is 1. The lowest BCUT2D eigenvalue weighted by Crippen LogP contribution is -2.23. The minimum Gasteiger partial charge on any atom is -0.494 e. The molecule has 1 aromatic carbocycles. The van der Waals surface area contributed by atoms with E-state index in [1.165, 1.54) is 7.11 Å². The number of methoxy groups -OCH3 is 1. The van der Waals surface area contributed by atoms with Crippen molar-refractivity contribution in [1.82, 2.24) is 10.3 Å². The summed E-state index contributed by atoms with van der Waals surface area (Å²) in [5.41, 5.74) is 2.72. The highest BCUT2D eigenvalue weighted by atomic mass is 19.1. The number of benzene rings is 1. The van der Waals surface area contributed by atoms with Crippen LogP contribution in [0.15, 0.2) is 36.5 Å². The molecule has 0 radical (unpaired) electrons. The molecule has 0 amide bonds. The van der Waals surface area contributed by atoms with Crippen molar-refractivity contribution in [2.24, 2.45) is 0 Å². The van der Waals surface area contributed by atoms with E-state index < -0.39 is 0 Å². The van der Waals surface area contributed by atoms with Gasteiger partial charge in [-0.25, -0.2) is 4.39 Å². The second kappa shape index (κ2) is 7.18. The lowest BCUT2D eigenvalue weighted by molar-refractivity contribution is 0.382. The van der Waals surface area contributed by atoms with Crippen molar-refractivity contribution in [3.8, 4) is 5.75 Å². The van der Waals surface area contributed by atoms with Crippen LogP contribution in [0.5, 0.6) is 5.75 Å². The first-order valence-electron chi connectivity index (χ1n) is 7.13. The molecular weight excluding hydrogens is 267 g/mol. The van der Waals surface area contributed by atoms with Crippen LogP contribution in [0.4, 0.5) is 4.39 Å². The van der Waals surface area contributed by atoms with E-state index >= 15 is 0 Å². The Labute approximate surface area is 125 Å². The molecule has 0 saturated heterocycles. The van der Waals surface area contributed by atoms with Crippen molar-refractivity contribution in [2.75, 3.05) is 13.7 Å². The lowest BCUT2D eigenvalue weighted by atomic mass is 9.98. The van der Waals surface area contributed by atoms with E-state index in [1.807, 2.05) is 32.0 Å². The van der Waals surface area contributed by atoms with E-state index in [4.69, 9.17) is 4.74 Å². The Morgan fingerprint density at radius 3 is 2.81 bits per heavy atom. The molecule has 0 aliphatic rings. The summed E-state index contributed by atoms with van der Waals surface area (Å²) in [6, 6.07) is 9.31. The van der Waals surface area contributed by atoms with Gasteiger partial charge in [-0.1, -0.05) is 19.1 Å². The van der Waals surface area contributed by atoms with Crippen molar-refractivity contribution in [2.45, 2.75) is 26.3 Å². The molecule has 2 aromatic rings. The Morgan fingerprint density at radius 1 is 1.33 bits per heavy atom. The van der Waals surface area contributed by atoms with Gasteiger partial charge in [0.1, 0.15) is 0 Å². The standard InChI is InChI=1S/C17H21FN2O/c1-4-19-15(13-8-9-20-12(2)10-13)11-14-6-5-7-16(21-3)17(14)18/h5-10,15,19H,4,11H2,1-3H3. The fourth-order valence-corrected chi connectivity index (χ4v) is 2.43. The number of aromatic nitrogens is 1. The van der Waals surface area contributed by atoms with Gasteiger partial charge >= 0.3 is 0 Å². The van der Waals surface area contributed by atoms with Crippen LogP contribution in [0, 0.1) is 12.7 Å². The van der Waals surface area contributed by atoms with Gasteiger partial charge in [0.25, 0.3) is 0 Å². The number of rotatable bonds is 6. The van der Waals surface area contributed by atoms with Crippen LogP contribution in [0.1, 0.15) is 29.8 Å². The van der Waals surface area contributed by atoms with Gasteiger partial charge in [0.2, 0.25) is 0 Å². The predicted octanol–water partition coefficient (Wildman–Crippen LogP) is 3.43. The third kappa shape index (κ3) is 3.79. The highest BCUT2D eigenvalue weighted by Gasteiger charge is 2.16. The highest BCUT2D eigenvalue weighted by molar-refractivity contribution is 5.33. The van der Waals surface area contributed by atoms with Crippen LogP contribution in [0.2, 0.25) is 0 Å². The Morgan fingerprint density at radius 2 is 2.14 bits per heavy atom. The van der Waals surface area contributed by atoms with E-state index in [2.05, 4.69) is 10.3 Å². The van der Waals surface area contributed by atoms with Crippen LogP contribution in [0.25, 0.3) is 0 Å². The van der Waals surface area contributed by atoms with Crippen LogP contribution in [-0.4, -0.2) is 18.6 Å². The smallest absolute Gasteiger partial charge is 0.168 e. The maximum atomic E-state index is 14.3. The molecule has 0 aliphatic heterocycles. The molecule has 0 spiro atoms. The summed E-state index contributed by atoms with van der Waals surface area (Å²) in [7, 11) is 1.48. The monoisotopic (exact) mass is 288 g/mol. The number of nitrogens with zero attached hydrogens (tertiary/aromatic N) is 1. The van der Waals surface area contributed by atoms with Crippen LogP contribution >= 0.6 is 0 Å². The van der Waals surface area contributed by atoms with Crippen molar-refractivity contribution in [3.05, 3.63) is 59.2 Å². The molecule has 1 atom stereocenters. The topological polar surface area (TPSA) is 34.1 Å². The molecule has 1 heterocycles. The van der Waals surface area contributed by atoms with Crippen LogP contribution < -0.4 is 10.1 Å². The molecule has 4 heteroatoms. The van der Waals surface area contributed by atoms with Crippen molar-refractivity contribution < 1.29 is 9.13 Å². The quantitative estimate of drug-likeness (QED) is 0.884. The number of pyridine rings is 1. The van der Waals surface area contributed by atoms with E-state index in [1.54, 1.807) is 18.3 Å². The number of nitrogens with one attached hydrogen (secondary N) is 1.